The minimum atomic E-state index is -0.411. The van der Waals surface area contributed by atoms with Crippen molar-refractivity contribution in [3.63, 3.8) is 0 Å². The lowest BCUT2D eigenvalue weighted by Gasteiger charge is -2.23. The molecule has 23 heavy (non-hydrogen) atoms. The van der Waals surface area contributed by atoms with E-state index < -0.39 is 5.82 Å². The highest BCUT2D eigenvalue weighted by atomic mass is 19.1. The molecule has 2 aromatic rings. The van der Waals surface area contributed by atoms with Crippen molar-refractivity contribution >= 4 is 11.6 Å². The summed E-state index contributed by atoms with van der Waals surface area (Å²) in [6.07, 6.45) is 0. The van der Waals surface area contributed by atoms with Crippen LogP contribution in [0, 0.1) is 5.82 Å². The Balaban J connectivity index is 1.89. The topological polar surface area (TPSA) is 41.6 Å². The maximum absolute atomic E-state index is 13.1. The van der Waals surface area contributed by atoms with E-state index in [0.717, 1.165) is 18.0 Å². The molecule has 1 amide bonds. The van der Waals surface area contributed by atoms with Crippen LogP contribution in [0.4, 0.5) is 10.1 Å². The van der Waals surface area contributed by atoms with E-state index in [0.29, 0.717) is 18.7 Å². The van der Waals surface area contributed by atoms with E-state index in [1.807, 2.05) is 24.3 Å². The number of hydrogen-bond acceptors (Lipinski definition) is 3. The van der Waals surface area contributed by atoms with Gasteiger partial charge in [0.15, 0.2) is 0 Å². The first-order valence-electron chi connectivity index (χ1n) is 7.56. The van der Waals surface area contributed by atoms with Crippen molar-refractivity contribution in [1.82, 2.24) is 5.32 Å². The zero-order valence-corrected chi connectivity index (χ0v) is 13.4. The first-order chi connectivity index (χ1) is 11.1. The zero-order valence-electron chi connectivity index (χ0n) is 13.4. The van der Waals surface area contributed by atoms with Gasteiger partial charge in [-0.3, -0.25) is 4.79 Å². The number of anilines is 1. The fourth-order valence-corrected chi connectivity index (χ4v) is 2.30. The number of methoxy groups -OCH3 is 1. The molecule has 0 unspecified atom stereocenters. The SMILES string of the molecule is CCN(CCNC(=O)c1cccc(F)c1)c1ccc(OC)cc1. The lowest BCUT2D eigenvalue weighted by atomic mass is 10.2. The Kier molecular flexibility index (Phi) is 5.97. The molecule has 0 aliphatic heterocycles. The van der Waals surface area contributed by atoms with Crippen molar-refractivity contribution in [2.45, 2.75) is 6.92 Å². The normalized spacial score (nSPS) is 10.2. The van der Waals surface area contributed by atoms with Crippen molar-refractivity contribution in [2.24, 2.45) is 0 Å². The molecule has 4 nitrogen and oxygen atoms in total. The monoisotopic (exact) mass is 316 g/mol. The molecule has 0 aromatic heterocycles. The third-order valence-electron chi connectivity index (χ3n) is 3.57. The number of likely N-dealkylation sites (N-methyl/N-ethyl adjacent to an activating group) is 1. The van der Waals surface area contributed by atoms with Crippen molar-refractivity contribution in [3.05, 3.63) is 59.9 Å². The smallest absolute Gasteiger partial charge is 0.251 e. The first kappa shape index (κ1) is 16.8. The van der Waals surface area contributed by atoms with Crippen LogP contribution in [0.1, 0.15) is 17.3 Å². The molecule has 0 atom stereocenters. The maximum Gasteiger partial charge on any atom is 0.251 e. The number of hydrogen-bond donors (Lipinski definition) is 1. The molecular formula is C18H21FN2O2. The van der Waals surface area contributed by atoms with Crippen LogP contribution >= 0.6 is 0 Å². The van der Waals surface area contributed by atoms with Gasteiger partial charge in [-0.05, 0) is 49.4 Å². The number of rotatable bonds is 7. The Bertz CT molecular complexity index is 644. The molecule has 0 aliphatic rings. The Hall–Kier alpha value is -2.56. The van der Waals surface area contributed by atoms with Gasteiger partial charge in [-0.25, -0.2) is 4.39 Å². The Morgan fingerprint density at radius 2 is 1.96 bits per heavy atom. The van der Waals surface area contributed by atoms with Crippen molar-refractivity contribution < 1.29 is 13.9 Å². The lowest BCUT2D eigenvalue weighted by molar-refractivity contribution is 0.0954. The van der Waals surface area contributed by atoms with Crippen molar-refractivity contribution in [1.29, 1.82) is 0 Å². The van der Waals surface area contributed by atoms with Crippen LogP contribution in [0.15, 0.2) is 48.5 Å². The molecule has 122 valence electrons. The third kappa shape index (κ3) is 4.71. The highest BCUT2D eigenvalue weighted by Crippen LogP contribution is 2.18. The molecule has 0 saturated carbocycles. The minimum absolute atomic E-state index is 0.268. The van der Waals surface area contributed by atoms with Crippen LogP contribution in [0.25, 0.3) is 0 Å². The summed E-state index contributed by atoms with van der Waals surface area (Å²) >= 11 is 0. The van der Waals surface area contributed by atoms with Gasteiger partial charge in [-0.15, -0.1) is 0 Å². The Morgan fingerprint density at radius 3 is 2.57 bits per heavy atom. The Labute approximate surface area is 135 Å². The quantitative estimate of drug-likeness (QED) is 0.853. The predicted octanol–water partition coefficient (Wildman–Crippen LogP) is 3.09. The second kappa shape index (κ2) is 8.17. The van der Waals surface area contributed by atoms with Crippen LogP contribution in [0.3, 0.4) is 0 Å². The molecule has 0 heterocycles. The number of carbonyl (C=O) groups excluding carboxylic acids is 1. The molecule has 0 saturated heterocycles. The molecule has 0 bridgehead atoms. The highest BCUT2D eigenvalue weighted by molar-refractivity contribution is 5.94. The summed E-state index contributed by atoms with van der Waals surface area (Å²) in [5, 5.41) is 2.81. The maximum atomic E-state index is 13.1. The van der Waals surface area contributed by atoms with E-state index in [-0.39, 0.29) is 5.91 Å². The molecule has 1 N–H and O–H groups in total. The second-order valence-electron chi connectivity index (χ2n) is 5.04. The highest BCUT2D eigenvalue weighted by Gasteiger charge is 2.08. The van der Waals surface area contributed by atoms with E-state index in [1.165, 1.54) is 18.2 Å². The van der Waals surface area contributed by atoms with E-state index in [1.54, 1.807) is 13.2 Å². The average molecular weight is 316 g/mol. The summed E-state index contributed by atoms with van der Waals surface area (Å²) in [6, 6.07) is 13.5. The van der Waals surface area contributed by atoms with Crippen molar-refractivity contribution in [3.8, 4) is 5.75 Å². The van der Waals surface area contributed by atoms with Gasteiger partial charge in [-0.1, -0.05) is 6.07 Å². The number of amides is 1. The minimum Gasteiger partial charge on any atom is -0.497 e. The van der Waals surface area contributed by atoms with Gasteiger partial charge < -0.3 is 15.0 Å². The van der Waals surface area contributed by atoms with E-state index >= 15 is 0 Å². The molecule has 0 aliphatic carbocycles. The van der Waals surface area contributed by atoms with Gasteiger partial charge in [0.25, 0.3) is 5.91 Å². The molecule has 5 heteroatoms. The first-order valence-corrected chi connectivity index (χ1v) is 7.56. The number of nitrogens with zero attached hydrogens (tertiary/aromatic N) is 1. The molecular weight excluding hydrogens is 295 g/mol. The van der Waals surface area contributed by atoms with Crippen LogP contribution in [-0.4, -0.2) is 32.7 Å². The van der Waals surface area contributed by atoms with Crippen LogP contribution < -0.4 is 15.0 Å². The molecule has 0 radical (unpaired) electrons. The fourth-order valence-electron chi connectivity index (χ4n) is 2.30. The van der Waals surface area contributed by atoms with Gasteiger partial charge in [0.1, 0.15) is 11.6 Å². The molecule has 0 spiro atoms. The number of carbonyl (C=O) groups is 1. The van der Waals surface area contributed by atoms with Gasteiger partial charge in [0, 0.05) is 30.9 Å². The van der Waals surface area contributed by atoms with Crippen LogP contribution in [-0.2, 0) is 0 Å². The van der Waals surface area contributed by atoms with Gasteiger partial charge in [-0.2, -0.15) is 0 Å². The number of nitrogens with one attached hydrogen (secondary N) is 1. The molecule has 0 fully saturated rings. The predicted molar refractivity (Wildman–Crippen MR) is 89.6 cm³/mol. The largest absolute Gasteiger partial charge is 0.497 e. The van der Waals surface area contributed by atoms with Crippen LogP contribution in [0.5, 0.6) is 5.75 Å². The van der Waals surface area contributed by atoms with Crippen LogP contribution in [0.2, 0.25) is 0 Å². The third-order valence-corrected chi connectivity index (χ3v) is 3.57. The van der Waals surface area contributed by atoms with Gasteiger partial charge >= 0.3 is 0 Å². The van der Waals surface area contributed by atoms with Gasteiger partial charge in [0.05, 0.1) is 7.11 Å². The Morgan fingerprint density at radius 1 is 1.22 bits per heavy atom. The van der Waals surface area contributed by atoms with Gasteiger partial charge in [0.2, 0.25) is 0 Å². The summed E-state index contributed by atoms with van der Waals surface area (Å²) in [5.74, 6) is 0.130. The second-order valence-corrected chi connectivity index (χ2v) is 5.04. The lowest BCUT2D eigenvalue weighted by Crippen LogP contribution is -2.35. The van der Waals surface area contributed by atoms with E-state index in [2.05, 4.69) is 17.1 Å². The van der Waals surface area contributed by atoms with E-state index in [9.17, 15) is 9.18 Å². The summed E-state index contributed by atoms with van der Waals surface area (Å²) in [5.41, 5.74) is 1.39. The standard InChI is InChI=1S/C18H21FN2O2/c1-3-21(16-7-9-17(23-2)10-8-16)12-11-20-18(22)14-5-4-6-15(19)13-14/h4-10,13H,3,11-12H2,1-2H3,(H,20,22). The summed E-state index contributed by atoms with van der Waals surface area (Å²) in [4.78, 5) is 14.1. The fraction of sp³-hybridized carbons (Fsp3) is 0.278. The molecule has 2 rings (SSSR count). The van der Waals surface area contributed by atoms with Crippen molar-refractivity contribution in [2.75, 3.05) is 31.6 Å². The number of ether oxygens (including phenoxy) is 1. The zero-order chi connectivity index (χ0) is 16.7. The number of benzene rings is 2. The average Bonchev–Trinajstić information content (AvgIpc) is 2.59. The summed E-state index contributed by atoms with van der Waals surface area (Å²) < 4.78 is 18.3. The summed E-state index contributed by atoms with van der Waals surface area (Å²) in [7, 11) is 1.63. The summed E-state index contributed by atoms with van der Waals surface area (Å²) in [6.45, 7) is 4.03. The number of halogens is 1. The van der Waals surface area contributed by atoms with E-state index in [4.69, 9.17) is 4.74 Å². The molecule has 2 aromatic carbocycles.